The summed E-state index contributed by atoms with van der Waals surface area (Å²) < 4.78 is 0. The fourth-order valence-corrected chi connectivity index (χ4v) is 2.80. The van der Waals surface area contributed by atoms with Crippen LogP contribution in [0, 0.1) is 10.1 Å². The zero-order chi connectivity index (χ0) is 13.9. The molecule has 0 radical (unpaired) electrons. The van der Waals surface area contributed by atoms with Gasteiger partial charge in [0.25, 0.3) is 5.69 Å². The van der Waals surface area contributed by atoms with E-state index in [4.69, 9.17) is 0 Å². The molecule has 0 bridgehead atoms. The molecule has 0 N–H and O–H groups in total. The summed E-state index contributed by atoms with van der Waals surface area (Å²) in [5, 5.41) is 11.6. The highest BCUT2D eigenvalue weighted by Gasteiger charge is 2.08. The normalized spacial score (nSPS) is 10.4. The molecule has 0 aliphatic rings. The minimum atomic E-state index is -0.397. The van der Waals surface area contributed by atoms with Crippen LogP contribution in [0.15, 0.2) is 60.8 Å². The Morgan fingerprint density at radius 3 is 2.30 bits per heavy atom. The average Bonchev–Trinajstić information content (AvgIpc) is 2.98. The van der Waals surface area contributed by atoms with Crippen LogP contribution in [0.2, 0.25) is 0 Å². The predicted molar refractivity (Wildman–Crippen MR) is 79.6 cm³/mol. The third-order valence-corrected chi connectivity index (χ3v) is 3.98. The highest BCUT2D eigenvalue weighted by atomic mass is 32.1. The molecule has 0 spiro atoms. The van der Waals surface area contributed by atoms with E-state index in [2.05, 4.69) is 4.98 Å². The van der Waals surface area contributed by atoms with Crippen LogP contribution in [-0.2, 0) is 0 Å². The summed E-state index contributed by atoms with van der Waals surface area (Å²) >= 11 is 1.57. The molecule has 0 unspecified atom stereocenters. The second-order valence-corrected chi connectivity index (χ2v) is 5.23. The van der Waals surface area contributed by atoms with Gasteiger partial charge in [0.2, 0.25) is 0 Å². The molecule has 1 aromatic heterocycles. The molecule has 98 valence electrons. The molecule has 0 aliphatic carbocycles. The van der Waals surface area contributed by atoms with Crippen LogP contribution in [0.1, 0.15) is 0 Å². The predicted octanol–water partition coefficient (Wildman–Crippen LogP) is 4.39. The molecular weight excluding hydrogens is 272 g/mol. The Hall–Kier alpha value is -2.53. The Bertz CT molecular complexity index is 736. The fourth-order valence-electron chi connectivity index (χ4n) is 1.87. The third-order valence-electron chi connectivity index (χ3n) is 2.89. The molecule has 1 heterocycles. The Labute approximate surface area is 119 Å². The van der Waals surface area contributed by atoms with Crippen molar-refractivity contribution in [3.05, 3.63) is 70.9 Å². The summed E-state index contributed by atoms with van der Waals surface area (Å²) in [4.78, 5) is 15.6. The molecule has 0 atom stereocenters. The maximum absolute atomic E-state index is 10.6. The minimum absolute atomic E-state index is 0.0987. The van der Waals surface area contributed by atoms with Crippen LogP contribution in [0.5, 0.6) is 0 Å². The molecule has 3 rings (SSSR count). The van der Waals surface area contributed by atoms with Gasteiger partial charge in [-0.1, -0.05) is 30.3 Å². The molecule has 5 heteroatoms. The summed E-state index contributed by atoms with van der Waals surface area (Å²) in [5.74, 6) is 0. The van der Waals surface area contributed by atoms with Gasteiger partial charge in [-0.2, -0.15) is 0 Å². The highest BCUT2D eigenvalue weighted by Crippen LogP contribution is 2.32. The van der Waals surface area contributed by atoms with Gasteiger partial charge in [-0.25, -0.2) is 4.98 Å². The van der Waals surface area contributed by atoms with E-state index in [-0.39, 0.29) is 5.69 Å². The van der Waals surface area contributed by atoms with Gasteiger partial charge in [-0.05, 0) is 17.7 Å². The molecule has 20 heavy (non-hydrogen) atoms. The Morgan fingerprint density at radius 1 is 0.950 bits per heavy atom. The van der Waals surface area contributed by atoms with Gasteiger partial charge in [0.1, 0.15) is 5.01 Å². The Kier molecular flexibility index (Phi) is 3.26. The van der Waals surface area contributed by atoms with Crippen molar-refractivity contribution < 1.29 is 4.92 Å². The number of nitro groups is 1. The first-order valence-electron chi connectivity index (χ1n) is 6.00. The number of rotatable bonds is 3. The van der Waals surface area contributed by atoms with Gasteiger partial charge in [0, 0.05) is 23.9 Å². The van der Waals surface area contributed by atoms with Gasteiger partial charge in [0.05, 0.1) is 9.80 Å². The van der Waals surface area contributed by atoms with E-state index >= 15 is 0 Å². The SMILES string of the molecule is O=[N+]([O-])c1ccc(-c2cnc(-c3ccccc3)s2)cc1. The lowest BCUT2D eigenvalue weighted by molar-refractivity contribution is -0.384. The molecule has 2 aromatic carbocycles. The first-order valence-corrected chi connectivity index (χ1v) is 6.82. The van der Waals surface area contributed by atoms with Crippen LogP contribution in [0.3, 0.4) is 0 Å². The van der Waals surface area contributed by atoms with Crippen molar-refractivity contribution in [2.75, 3.05) is 0 Å². The number of hydrogen-bond acceptors (Lipinski definition) is 4. The summed E-state index contributed by atoms with van der Waals surface area (Å²) in [6.07, 6.45) is 1.80. The van der Waals surface area contributed by atoms with Crippen molar-refractivity contribution >= 4 is 17.0 Å². The number of hydrogen-bond donors (Lipinski definition) is 0. The molecule has 0 fully saturated rings. The average molecular weight is 282 g/mol. The molecule has 0 amide bonds. The van der Waals surface area contributed by atoms with E-state index in [1.54, 1.807) is 29.7 Å². The largest absolute Gasteiger partial charge is 0.269 e. The topological polar surface area (TPSA) is 56.0 Å². The van der Waals surface area contributed by atoms with E-state index in [1.807, 2.05) is 30.3 Å². The van der Waals surface area contributed by atoms with Crippen LogP contribution in [0.25, 0.3) is 21.0 Å². The number of benzene rings is 2. The lowest BCUT2D eigenvalue weighted by Crippen LogP contribution is -1.86. The Balaban J connectivity index is 1.92. The van der Waals surface area contributed by atoms with Crippen molar-refractivity contribution in [1.29, 1.82) is 0 Å². The molecular formula is C15H10N2O2S. The lowest BCUT2D eigenvalue weighted by atomic mass is 10.2. The van der Waals surface area contributed by atoms with Crippen molar-refractivity contribution in [2.24, 2.45) is 0 Å². The number of non-ortho nitro benzene ring substituents is 1. The first kappa shape index (κ1) is 12.5. The zero-order valence-electron chi connectivity index (χ0n) is 10.4. The maximum Gasteiger partial charge on any atom is 0.269 e. The lowest BCUT2D eigenvalue weighted by Gasteiger charge is -1.96. The van der Waals surface area contributed by atoms with Gasteiger partial charge < -0.3 is 0 Å². The Morgan fingerprint density at radius 2 is 1.65 bits per heavy atom. The molecule has 0 saturated heterocycles. The molecule has 3 aromatic rings. The van der Waals surface area contributed by atoms with Crippen molar-refractivity contribution in [2.45, 2.75) is 0 Å². The molecule has 4 nitrogen and oxygen atoms in total. The minimum Gasteiger partial charge on any atom is -0.258 e. The van der Waals surface area contributed by atoms with Crippen molar-refractivity contribution in [3.8, 4) is 21.0 Å². The van der Waals surface area contributed by atoms with Gasteiger partial charge in [0.15, 0.2) is 0 Å². The third kappa shape index (κ3) is 2.44. The van der Waals surface area contributed by atoms with E-state index in [0.717, 1.165) is 21.0 Å². The second kappa shape index (κ2) is 5.22. The molecule has 0 saturated carbocycles. The standard InChI is InChI=1S/C15H10N2O2S/c18-17(19)13-8-6-11(7-9-13)14-10-16-15(20-14)12-4-2-1-3-5-12/h1-10H. The summed E-state index contributed by atoms with van der Waals surface area (Å²) in [6, 6.07) is 16.5. The van der Waals surface area contributed by atoms with E-state index < -0.39 is 4.92 Å². The first-order chi connectivity index (χ1) is 9.74. The quantitative estimate of drug-likeness (QED) is 0.529. The number of aromatic nitrogens is 1. The van der Waals surface area contributed by atoms with Gasteiger partial charge in [-0.3, -0.25) is 10.1 Å². The number of nitrogens with zero attached hydrogens (tertiary/aromatic N) is 2. The van der Waals surface area contributed by atoms with E-state index in [0.29, 0.717) is 0 Å². The molecule has 0 aliphatic heterocycles. The number of nitro benzene ring substituents is 1. The van der Waals surface area contributed by atoms with Crippen LogP contribution < -0.4 is 0 Å². The van der Waals surface area contributed by atoms with Gasteiger partial charge in [-0.15, -0.1) is 11.3 Å². The highest BCUT2D eigenvalue weighted by molar-refractivity contribution is 7.18. The van der Waals surface area contributed by atoms with Crippen molar-refractivity contribution in [3.63, 3.8) is 0 Å². The maximum atomic E-state index is 10.6. The smallest absolute Gasteiger partial charge is 0.258 e. The van der Waals surface area contributed by atoms with E-state index in [1.165, 1.54) is 12.1 Å². The summed E-state index contributed by atoms with van der Waals surface area (Å²) in [7, 11) is 0. The zero-order valence-corrected chi connectivity index (χ0v) is 11.2. The van der Waals surface area contributed by atoms with Crippen LogP contribution >= 0.6 is 11.3 Å². The van der Waals surface area contributed by atoms with Crippen LogP contribution in [0.4, 0.5) is 5.69 Å². The van der Waals surface area contributed by atoms with Crippen LogP contribution in [-0.4, -0.2) is 9.91 Å². The van der Waals surface area contributed by atoms with E-state index in [9.17, 15) is 10.1 Å². The summed E-state index contributed by atoms with van der Waals surface area (Å²) in [5.41, 5.74) is 2.11. The summed E-state index contributed by atoms with van der Waals surface area (Å²) in [6.45, 7) is 0. The second-order valence-electron chi connectivity index (χ2n) is 4.20. The fraction of sp³-hybridized carbons (Fsp3) is 0. The monoisotopic (exact) mass is 282 g/mol. The van der Waals surface area contributed by atoms with Gasteiger partial charge >= 0.3 is 0 Å². The number of thiazole rings is 1. The van der Waals surface area contributed by atoms with Crippen molar-refractivity contribution in [1.82, 2.24) is 4.98 Å².